The summed E-state index contributed by atoms with van der Waals surface area (Å²) in [6.07, 6.45) is -2.07. The number of carboxylic acids is 1. The summed E-state index contributed by atoms with van der Waals surface area (Å²) < 4.78 is 63.5. The maximum atomic E-state index is 15.9. The Morgan fingerprint density at radius 3 is 2.20 bits per heavy atom. The Kier molecular flexibility index (Phi) is 8.36. The summed E-state index contributed by atoms with van der Waals surface area (Å²) in [6.45, 7) is 3.56. The van der Waals surface area contributed by atoms with Gasteiger partial charge in [-0.2, -0.15) is 0 Å². The molecule has 3 aromatic carbocycles. The van der Waals surface area contributed by atoms with E-state index < -0.39 is 46.0 Å². The van der Waals surface area contributed by atoms with Crippen LogP contribution in [0.3, 0.4) is 0 Å². The van der Waals surface area contributed by atoms with Crippen LogP contribution in [-0.2, 0) is 6.54 Å². The van der Waals surface area contributed by atoms with Crippen LogP contribution in [0.4, 0.5) is 28.9 Å². The number of carboxylic acid groups (broad SMARTS) is 1. The summed E-state index contributed by atoms with van der Waals surface area (Å²) in [5, 5.41) is 9.75. The molecule has 3 heterocycles. The van der Waals surface area contributed by atoms with Gasteiger partial charge in [-0.15, -0.1) is 13.2 Å². The SMILES string of the molecule is O=C(O)c1cn(-c2ccc(CN3CCCC3)cc2)c2c(OC(F)(F)F)c(N3CCN(c4cccc(Cl)c4)CC3)c(F)cc2c1=O. The van der Waals surface area contributed by atoms with Crippen LogP contribution in [0.15, 0.2) is 65.6 Å². The minimum absolute atomic E-state index is 0.131. The molecule has 1 N–H and O–H groups in total. The number of ether oxygens (including phenoxy) is 1. The van der Waals surface area contributed by atoms with Gasteiger partial charge in [-0.1, -0.05) is 29.8 Å². The molecule has 45 heavy (non-hydrogen) atoms. The van der Waals surface area contributed by atoms with Crippen molar-refractivity contribution in [3.63, 3.8) is 0 Å². The molecule has 0 atom stereocenters. The monoisotopic (exact) mass is 644 g/mol. The molecule has 0 spiro atoms. The van der Waals surface area contributed by atoms with E-state index in [1.807, 2.05) is 11.0 Å². The van der Waals surface area contributed by atoms with E-state index in [1.165, 1.54) is 4.90 Å². The van der Waals surface area contributed by atoms with Crippen LogP contribution in [0.1, 0.15) is 28.8 Å². The molecule has 2 aliphatic heterocycles. The van der Waals surface area contributed by atoms with Gasteiger partial charge in [0.2, 0.25) is 5.43 Å². The minimum Gasteiger partial charge on any atom is -0.477 e. The van der Waals surface area contributed by atoms with E-state index in [1.54, 1.807) is 42.5 Å². The summed E-state index contributed by atoms with van der Waals surface area (Å²) in [5.74, 6) is -3.64. The summed E-state index contributed by atoms with van der Waals surface area (Å²) in [7, 11) is 0. The zero-order chi connectivity index (χ0) is 31.9. The van der Waals surface area contributed by atoms with Crippen LogP contribution in [0.2, 0.25) is 5.02 Å². The number of hydrogen-bond acceptors (Lipinski definition) is 6. The van der Waals surface area contributed by atoms with Gasteiger partial charge in [0, 0.05) is 55.3 Å². The quantitative estimate of drug-likeness (QED) is 0.237. The molecule has 13 heteroatoms. The van der Waals surface area contributed by atoms with Crippen molar-refractivity contribution in [1.29, 1.82) is 0 Å². The molecule has 4 aromatic rings. The summed E-state index contributed by atoms with van der Waals surface area (Å²) in [4.78, 5) is 31.0. The van der Waals surface area contributed by atoms with Gasteiger partial charge in [-0.3, -0.25) is 9.69 Å². The van der Waals surface area contributed by atoms with Crippen molar-refractivity contribution in [2.45, 2.75) is 25.7 Å². The second kappa shape index (κ2) is 12.2. The van der Waals surface area contributed by atoms with Crippen molar-refractivity contribution in [3.8, 4) is 11.4 Å². The van der Waals surface area contributed by atoms with Crippen LogP contribution in [0.25, 0.3) is 16.6 Å². The number of fused-ring (bicyclic) bond motifs is 1. The molecule has 0 amide bonds. The molecule has 0 aliphatic carbocycles. The largest absolute Gasteiger partial charge is 0.573 e. The lowest BCUT2D eigenvalue weighted by Crippen LogP contribution is -2.47. The fourth-order valence-electron chi connectivity index (χ4n) is 6.10. The predicted octanol–water partition coefficient (Wildman–Crippen LogP) is 6.30. The number of benzene rings is 3. The first-order chi connectivity index (χ1) is 21.5. The zero-order valence-electron chi connectivity index (χ0n) is 24.0. The second-order valence-electron chi connectivity index (χ2n) is 11.1. The van der Waals surface area contributed by atoms with Gasteiger partial charge < -0.3 is 24.2 Å². The van der Waals surface area contributed by atoms with Crippen molar-refractivity contribution < 1.29 is 32.2 Å². The molecule has 236 valence electrons. The smallest absolute Gasteiger partial charge is 0.477 e. The Morgan fingerprint density at radius 1 is 0.911 bits per heavy atom. The van der Waals surface area contributed by atoms with E-state index in [0.717, 1.165) is 54.0 Å². The lowest BCUT2D eigenvalue weighted by Gasteiger charge is -2.38. The Labute approximate surface area is 260 Å². The van der Waals surface area contributed by atoms with E-state index >= 15 is 4.39 Å². The third-order valence-corrected chi connectivity index (χ3v) is 8.44. The molecule has 0 saturated carbocycles. The molecular weight excluding hydrogens is 616 g/mol. The standard InChI is InChI=1S/C32H29ClF4N4O4/c33-21-4-3-5-23(16-21)39-12-14-40(15-13-39)28-26(34)17-24-27(30(28)45-32(35,36)37)41(19-25(29(24)42)31(43)44)22-8-6-20(7-9-22)18-38-10-1-2-11-38/h3-9,16-17,19H,1-2,10-15,18H2,(H,43,44). The van der Waals surface area contributed by atoms with Crippen molar-refractivity contribution in [1.82, 2.24) is 9.47 Å². The third kappa shape index (κ3) is 6.43. The van der Waals surface area contributed by atoms with E-state index in [9.17, 15) is 27.9 Å². The van der Waals surface area contributed by atoms with Crippen molar-refractivity contribution >= 4 is 39.8 Å². The molecule has 8 nitrogen and oxygen atoms in total. The highest BCUT2D eigenvalue weighted by atomic mass is 35.5. The molecule has 1 aromatic heterocycles. The molecule has 2 fully saturated rings. The molecule has 0 unspecified atom stereocenters. The topological polar surface area (TPSA) is 78.2 Å². The van der Waals surface area contributed by atoms with E-state index in [-0.39, 0.29) is 24.3 Å². The molecule has 0 bridgehead atoms. The molecule has 2 saturated heterocycles. The molecule has 2 aliphatic rings. The van der Waals surface area contributed by atoms with Gasteiger partial charge in [0.25, 0.3) is 0 Å². The number of aromatic carboxylic acids is 1. The minimum atomic E-state index is -5.25. The normalized spacial score (nSPS) is 16.0. The Balaban J connectivity index is 1.48. The van der Waals surface area contributed by atoms with Crippen LogP contribution in [0, 0.1) is 5.82 Å². The number of alkyl halides is 3. The fraction of sp³-hybridized carbons (Fsp3) is 0.312. The molecule has 6 rings (SSSR count). The third-order valence-electron chi connectivity index (χ3n) is 8.21. The highest BCUT2D eigenvalue weighted by Gasteiger charge is 2.37. The van der Waals surface area contributed by atoms with Gasteiger partial charge in [-0.05, 0) is 67.9 Å². The van der Waals surface area contributed by atoms with Gasteiger partial charge in [-0.25, -0.2) is 9.18 Å². The maximum absolute atomic E-state index is 15.9. The fourth-order valence-corrected chi connectivity index (χ4v) is 6.29. The Hall–Kier alpha value is -4.29. The first kappa shape index (κ1) is 30.7. The van der Waals surface area contributed by atoms with Gasteiger partial charge >= 0.3 is 12.3 Å². The average molecular weight is 645 g/mol. The van der Waals surface area contributed by atoms with E-state index in [0.29, 0.717) is 24.7 Å². The first-order valence-corrected chi connectivity index (χ1v) is 14.8. The zero-order valence-corrected chi connectivity index (χ0v) is 24.7. The summed E-state index contributed by atoms with van der Waals surface area (Å²) in [6, 6.07) is 14.8. The maximum Gasteiger partial charge on any atom is 0.573 e. The van der Waals surface area contributed by atoms with Crippen LogP contribution in [0.5, 0.6) is 5.75 Å². The Morgan fingerprint density at radius 2 is 1.58 bits per heavy atom. The number of carbonyl (C=O) groups is 1. The first-order valence-electron chi connectivity index (χ1n) is 14.5. The number of hydrogen-bond donors (Lipinski definition) is 1. The van der Waals surface area contributed by atoms with Crippen LogP contribution in [-0.4, -0.2) is 66.2 Å². The van der Waals surface area contributed by atoms with Crippen LogP contribution < -0.4 is 20.0 Å². The lowest BCUT2D eigenvalue weighted by atomic mass is 10.1. The summed E-state index contributed by atoms with van der Waals surface area (Å²) in [5.41, 5.74) is -0.637. The van der Waals surface area contributed by atoms with Gasteiger partial charge in [0.1, 0.15) is 16.8 Å². The average Bonchev–Trinajstić information content (AvgIpc) is 3.50. The number of anilines is 2. The van der Waals surface area contributed by atoms with E-state index in [4.69, 9.17) is 11.6 Å². The number of aromatic nitrogens is 1. The van der Waals surface area contributed by atoms with Crippen molar-refractivity contribution in [2.24, 2.45) is 0 Å². The van der Waals surface area contributed by atoms with Crippen molar-refractivity contribution in [2.75, 3.05) is 49.1 Å². The number of piperazine rings is 1. The molecular formula is C32H29ClF4N4O4. The number of pyridine rings is 1. The molecule has 0 radical (unpaired) electrons. The lowest BCUT2D eigenvalue weighted by molar-refractivity contribution is -0.274. The van der Waals surface area contributed by atoms with Gasteiger partial charge in [0.15, 0.2) is 11.6 Å². The van der Waals surface area contributed by atoms with Crippen LogP contribution >= 0.6 is 11.6 Å². The predicted molar refractivity (Wildman–Crippen MR) is 164 cm³/mol. The highest BCUT2D eigenvalue weighted by molar-refractivity contribution is 6.30. The number of nitrogens with zero attached hydrogens (tertiary/aromatic N) is 4. The Bertz CT molecular complexity index is 1800. The van der Waals surface area contributed by atoms with Crippen molar-refractivity contribution in [3.05, 3.63) is 93.0 Å². The number of rotatable bonds is 7. The number of likely N-dealkylation sites (tertiary alicyclic amines) is 1. The van der Waals surface area contributed by atoms with Gasteiger partial charge in [0.05, 0.1) is 5.39 Å². The number of halogens is 5. The highest BCUT2D eigenvalue weighted by Crippen LogP contribution is 2.42. The second-order valence-corrected chi connectivity index (χ2v) is 11.6. The van der Waals surface area contributed by atoms with E-state index in [2.05, 4.69) is 9.64 Å². The summed E-state index contributed by atoms with van der Waals surface area (Å²) >= 11 is 6.13.